The normalized spacial score (nSPS) is 12.6. The van der Waals surface area contributed by atoms with E-state index >= 15 is 0 Å². The summed E-state index contributed by atoms with van der Waals surface area (Å²) in [6.45, 7) is 2.35. The van der Waals surface area contributed by atoms with E-state index in [1.165, 1.54) is 29.4 Å². The fraction of sp³-hybridized carbons (Fsp3) is 0.167. The maximum absolute atomic E-state index is 12.7. The van der Waals surface area contributed by atoms with Crippen molar-refractivity contribution in [1.29, 1.82) is 0 Å². The summed E-state index contributed by atoms with van der Waals surface area (Å²) < 4.78 is 5.05. The van der Waals surface area contributed by atoms with Crippen LogP contribution < -0.4 is 10.6 Å². The van der Waals surface area contributed by atoms with Gasteiger partial charge in [0.05, 0.1) is 17.4 Å². The Balaban J connectivity index is 1.43. The summed E-state index contributed by atoms with van der Waals surface area (Å²) in [5, 5.41) is 5.44. The maximum atomic E-state index is 12.7. The van der Waals surface area contributed by atoms with Crippen molar-refractivity contribution in [3.8, 4) is 0 Å². The van der Waals surface area contributed by atoms with Gasteiger partial charge in [-0.15, -0.1) is 0 Å². The molecular formula is C24H21N3O5. The molecule has 0 bridgehead atoms. The average molecular weight is 431 g/mol. The molecular weight excluding hydrogens is 410 g/mol. The van der Waals surface area contributed by atoms with Crippen molar-refractivity contribution < 1.29 is 23.6 Å². The number of benzene rings is 2. The van der Waals surface area contributed by atoms with E-state index in [1.54, 1.807) is 36.4 Å². The summed E-state index contributed by atoms with van der Waals surface area (Å²) in [7, 11) is 0. The Morgan fingerprint density at radius 3 is 2.16 bits per heavy atom. The van der Waals surface area contributed by atoms with Gasteiger partial charge in [-0.3, -0.25) is 24.1 Å². The Bertz CT molecular complexity index is 1180. The molecule has 0 saturated carbocycles. The predicted octanol–water partition coefficient (Wildman–Crippen LogP) is 4.18. The number of carbonyl (C=O) groups is 4. The van der Waals surface area contributed by atoms with Crippen LogP contribution in [0.2, 0.25) is 0 Å². The standard InChI is InChI=1S/C24H21N3O5/c1-2-3-12-27-23(30)18-11-6-15(14-19(18)24(27)31)21(28)25-16-7-9-17(10-8-16)26-22(29)20-5-4-13-32-20/h4-11,13-14H,2-3,12H2,1H3,(H,25,28)(H,26,29). The van der Waals surface area contributed by atoms with Crippen molar-refractivity contribution in [3.05, 3.63) is 83.3 Å². The smallest absolute Gasteiger partial charge is 0.291 e. The number of imide groups is 1. The van der Waals surface area contributed by atoms with Gasteiger partial charge in [0.2, 0.25) is 0 Å². The zero-order valence-corrected chi connectivity index (χ0v) is 17.4. The van der Waals surface area contributed by atoms with E-state index in [0.29, 0.717) is 23.5 Å². The monoisotopic (exact) mass is 431 g/mol. The van der Waals surface area contributed by atoms with Crippen molar-refractivity contribution >= 4 is 35.0 Å². The van der Waals surface area contributed by atoms with Gasteiger partial charge in [-0.1, -0.05) is 13.3 Å². The average Bonchev–Trinajstić information content (AvgIpc) is 3.42. The largest absolute Gasteiger partial charge is 0.459 e. The summed E-state index contributed by atoms with van der Waals surface area (Å²) in [6, 6.07) is 14.3. The molecule has 4 amide bonds. The molecule has 4 rings (SSSR count). The van der Waals surface area contributed by atoms with E-state index in [0.717, 1.165) is 12.8 Å². The van der Waals surface area contributed by atoms with Crippen molar-refractivity contribution in [2.75, 3.05) is 17.2 Å². The highest BCUT2D eigenvalue weighted by atomic mass is 16.3. The van der Waals surface area contributed by atoms with Crippen molar-refractivity contribution in [2.24, 2.45) is 0 Å². The number of fused-ring (bicyclic) bond motifs is 1. The predicted molar refractivity (Wildman–Crippen MR) is 118 cm³/mol. The van der Waals surface area contributed by atoms with Crippen LogP contribution in [-0.4, -0.2) is 35.1 Å². The number of nitrogens with zero attached hydrogens (tertiary/aromatic N) is 1. The lowest BCUT2D eigenvalue weighted by molar-refractivity contribution is 0.0652. The number of rotatable bonds is 7. The molecule has 8 nitrogen and oxygen atoms in total. The molecule has 0 fully saturated rings. The van der Waals surface area contributed by atoms with E-state index in [9.17, 15) is 19.2 Å². The first-order valence-electron chi connectivity index (χ1n) is 10.2. The van der Waals surface area contributed by atoms with E-state index in [-0.39, 0.29) is 34.6 Å². The molecule has 3 aromatic rings. The lowest BCUT2D eigenvalue weighted by Gasteiger charge is -2.12. The van der Waals surface area contributed by atoms with Gasteiger partial charge >= 0.3 is 0 Å². The molecule has 2 aromatic carbocycles. The van der Waals surface area contributed by atoms with Gasteiger partial charge < -0.3 is 15.1 Å². The van der Waals surface area contributed by atoms with E-state index in [1.807, 2.05) is 6.92 Å². The molecule has 0 aliphatic carbocycles. The molecule has 2 N–H and O–H groups in total. The third kappa shape index (κ3) is 4.15. The SMILES string of the molecule is CCCCN1C(=O)c2ccc(C(=O)Nc3ccc(NC(=O)c4ccco4)cc3)cc2C1=O. The fourth-order valence-electron chi connectivity index (χ4n) is 3.39. The highest BCUT2D eigenvalue weighted by Gasteiger charge is 2.35. The van der Waals surface area contributed by atoms with Gasteiger partial charge in [0, 0.05) is 23.5 Å². The van der Waals surface area contributed by atoms with Crippen molar-refractivity contribution in [2.45, 2.75) is 19.8 Å². The number of furan rings is 1. The van der Waals surface area contributed by atoms with Crippen LogP contribution in [0.1, 0.15) is 61.4 Å². The third-order valence-corrected chi connectivity index (χ3v) is 5.11. The topological polar surface area (TPSA) is 109 Å². The molecule has 0 saturated heterocycles. The molecule has 0 spiro atoms. The second-order valence-electron chi connectivity index (χ2n) is 7.34. The molecule has 2 heterocycles. The zero-order chi connectivity index (χ0) is 22.7. The molecule has 8 heteroatoms. The fourth-order valence-corrected chi connectivity index (χ4v) is 3.39. The van der Waals surface area contributed by atoms with Crippen molar-refractivity contribution in [3.63, 3.8) is 0 Å². The molecule has 1 aromatic heterocycles. The van der Waals surface area contributed by atoms with Gasteiger partial charge in [-0.2, -0.15) is 0 Å². The number of hydrogen-bond acceptors (Lipinski definition) is 5. The molecule has 162 valence electrons. The van der Waals surface area contributed by atoms with Crippen LogP contribution in [0.4, 0.5) is 11.4 Å². The molecule has 0 unspecified atom stereocenters. The molecule has 32 heavy (non-hydrogen) atoms. The van der Waals surface area contributed by atoms with Crippen LogP contribution in [0, 0.1) is 0 Å². The second-order valence-corrected chi connectivity index (χ2v) is 7.34. The first-order valence-corrected chi connectivity index (χ1v) is 10.2. The first-order chi connectivity index (χ1) is 15.5. The van der Waals surface area contributed by atoms with Gasteiger partial charge in [-0.05, 0) is 61.0 Å². The number of amides is 4. The Kier molecular flexibility index (Phi) is 5.85. The Morgan fingerprint density at radius 1 is 0.875 bits per heavy atom. The first kappa shape index (κ1) is 21.0. The van der Waals surface area contributed by atoms with E-state index < -0.39 is 5.91 Å². The number of unbranched alkanes of at least 4 members (excludes halogenated alkanes) is 1. The minimum atomic E-state index is -0.410. The van der Waals surface area contributed by atoms with Gasteiger partial charge in [-0.25, -0.2) is 0 Å². The minimum absolute atomic E-state index is 0.195. The van der Waals surface area contributed by atoms with Crippen LogP contribution >= 0.6 is 0 Å². The molecule has 1 aliphatic rings. The molecule has 0 radical (unpaired) electrons. The molecule has 1 aliphatic heterocycles. The van der Waals surface area contributed by atoms with Crippen LogP contribution in [0.15, 0.2) is 65.3 Å². The van der Waals surface area contributed by atoms with Gasteiger partial charge in [0.1, 0.15) is 0 Å². The Labute approximate surface area is 184 Å². The van der Waals surface area contributed by atoms with Crippen LogP contribution in [-0.2, 0) is 0 Å². The summed E-state index contributed by atoms with van der Waals surface area (Å²) in [5.41, 5.74) is 1.89. The third-order valence-electron chi connectivity index (χ3n) is 5.11. The van der Waals surface area contributed by atoms with Crippen LogP contribution in [0.5, 0.6) is 0 Å². The highest BCUT2D eigenvalue weighted by molar-refractivity contribution is 6.22. The number of hydrogen-bond donors (Lipinski definition) is 2. The second kappa shape index (κ2) is 8.89. The maximum Gasteiger partial charge on any atom is 0.291 e. The Hall–Kier alpha value is -4.20. The van der Waals surface area contributed by atoms with Gasteiger partial charge in [0.25, 0.3) is 23.6 Å². The Morgan fingerprint density at radius 2 is 1.53 bits per heavy atom. The van der Waals surface area contributed by atoms with Crippen LogP contribution in [0.3, 0.4) is 0 Å². The minimum Gasteiger partial charge on any atom is -0.459 e. The molecule has 0 atom stereocenters. The lowest BCUT2D eigenvalue weighted by atomic mass is 10.1. The summed E-state index contributed by atoms with van der Waals surface area (Å²) in [6.07, 6.45) is 3.02. The highest BCUT2D eigenvalue weighted by Crippen LogP contribution is 2.25. The van der Waals surface area contributed by atoms with Crippen molar-refractivity contribution in [1.82, 2.24) is 4.90 Å². The number of anilines is 2. The number of carbonyl (C=O) groups excluding carboxylic acids is 4. The lowest BCUT2D eigenvalue weighted by Crippen LogP contribution is -2.30. The van der Waals surface area contributed by atoms with Gasteiger partial charge in [0.15, 0.2) is 5.76 Å². The quantitative estimate of drug-likeness (QED) is 0.546. The van der Waals surface area contributed by atoms with E-state index in [2.05, 4.69) is 10.6 Å². The summed E-state index contributed by atoms with van der Waals surface area (Å²) in [4.78, 5) is 50.9. The van der Waals surface area contributed by atoms with E-state index in [4.69, 9.17) is 4.42 Å². The number of nitrogens with one attached hydrogen (secondary N) is 2. The summed E-state index contributed by atoms with van der Waals surface area (Å²) >= 11 is 0. The summed E-state index contributed by atoms with van der Waals surface area (Å²) in [5.74, 6) is -1.29. The van der Waals surface area contributed by atoms with Crippen LogP contribution in [0.25, 0.3) is 0 Å². The zero-order valence-electron chi connectivity index (χ0n) is 17.4.